The van der Waals surface area contributed by atoms with Gasteiger partial charge in [-0.05, 0) is 19.3 Å². The fourth-order valence-electron chi connectivity index (χ4n) is 10.2. The minimum absolute atomic E-state index is 0.0624. The van der Waals surface area contributed by atoms with Gasteiger partial charge in [0.05, 0.1) is 0 Å². The Balaban J connectivity index is 3.91. The summed E-state index contributed by atoms with van der Waals surface area (Å²) < 4.78 is 16.8. The summed E-state index contributed by atoms with van der Waals surface area (Å²) in [5.41, 5.74) is 0. The van der Waals surface area contributed by atoms with Crippen LogP contribution in [0.3, 0.4) is 0 Å². The van der Waals surface area contributed by atoms with Crippen LogP contribution < -0.4 is 0 Å². The summed E-state index contributed by atoms with van der Waals surface area (Å²) in [5.74, 6) is -0.847. The average molecular weight is 1000 g/mol. The van der Waals surface area contributed by atoms with Crippen LogP contribution in [0.5, 0.6) is 0 Å². The lowest BCUT2D eigenvalue weighted by molar-refractivity contribution is -0.167. The van der Waals surface area contributed by atoms with Gasteiger partial charge in [-0.3, -0.25) is 14.4 Å². The van der Waals surface area contributed by atoms with Crippen LogP contribution in [0.25, 0.3) is 0 Å². The van der Waals surface area contributed by atoms with Gasteiger partial charge in [0.2, 0.25) is 0 Å². The van der Waals surface area contributed by atoms with E-state index in [0.717, 1.165) is 64.2 Å². The minimum Gasteiger partial charge on any atom is -0.462 e. The molecule has 422 valence electrons. The Kier molecular flexibility index (Phi) is 59.6. The highest BCUT2D eigenvalue weighted by Crippen LogP contribution is 2.19. The van der Waals surface area contributed by atoms with Crippen molar-refractivity contribution < 1.29 is 28.6 Å². The maximum atomic E-state index is 12.8. The van der Waals surface area contributed by atoms with Gasteiger partial charge in [0, 0.05) is 19.3 Å². The zero-order chi connectivity index (χ0) is 51.4. The Morgan fingerprint density at radius 2 is 0.380 bits per heavy atom. The Labute approximate surface area is 444 Å². The second-order valence-corrected chi connectivity index (χ2v) is 22.4. The van der Waals surface area contributed by atoms with Crippen molar-refractivity contribution in [3.8, 4) is 0 Å². The lowest BCUT2D eigenvalue weighted by Crippen LogP contribution is -2.30. The van der Waals surface area contributed by atoms with Crippen molar-refractivity contribution in [2.75, 3.05) is 13.2 Å². The van der Waals surface area contributed by atoms with Gasteiger partial charge >= 0.3 is 17.9 Å². The summed E-state index contributed by atoms with van der Waals surface area (Å²) in [7, 11) is 0. The smallest absolute Gasteiger partial charge is 0.306 e. The SMILES string of the molecule is CCCCCCCCCCCCCCCCCCCCCCCCCCCCCCCC(=O)OCC(COC(=O)CCCCCCC)OC(=O)CCCCCCCCCCCCCCCCCCCCC. The minimum atomic E-state index is -0.760. The molecule has 0 amide bonds. The van der Waals surface area contributed by atoms with Crippen LogP contribution in [0, 0.1) is 0 Å². The second-order valence-electron chi connectivity index (χ2n) is 22.4. The standard InChI is InChI=1S/C65H126O6/c1-4-7-10-13-15-17-19-21-23-25-27-28-29-30-31-32-33-34-35-36-38-39-41-43-45-47-49-52-55-58-64(67)70-61-62(60-69-63(66)57-54-51-12-9-6-3)71-65(68)59-56-53-50-48-46-44-42-40-37-26-24-22-20-18-16-14-11-8-5-2/h62H,4-61H2,1-3H3. The van der Waals surface area contributed by atoms with Crippen LogP contribution >= 0.6 is 0 Å². The van der Waals surface area contributed by atoms with E-state index in [1.54, 1.807) is 0 Å². The Bertz CT molecular complexity index is 1060. The first kappa shape index (κ1) is 69.4. The number of esters is 3. The lowest BCUT2D eigenvalue weighted by Gasteiger charge is -2.18. The van der Waals surface area contributed by atoms with Gasteiger partial charge in [0.15, 0.2) is 6.10 Å². The van der Waals surface area contributed by atoms with E-state index in [1.807, 2.05) is 0 Å². The zero-order valence-corrected chi connectivity index (χ0v) is 48.5. The molecule has 6 nitrogen and oxygen atoms in total. The van der Waals surface area contributed by atoms with Crippen LogP contribution in [0.15, 0.2) is 0 Å². The molecule has 0 aromatic rings. The van der Waals surface area contributed by atoms with Gasteiger partial charge in [-0.25, -0.2) is 0 Å². The lowest BCUT2D eigenvalue weighted by atomic mass is 10.0. The van der Waals surface area contributed by atoms with Crippen molar-refractivity contribution in [3.63, 3.8) is 0 Å². The summed E-state index contributed by atoms with van der Waals surface area (Å²) in [6.45, 7) is 6.64. The molecule has 0 radical (unpaired) electrons. The van der Waals surface area contributed by atoms with Gasteiger partial charge in [-0.1, -0.05) is 342 Å². The van der Waals surface area contributed by atoms with Gasteiger partial charge in [0.1, 0.15) is 13.2 Å². The van der Waals surface area contributed by atoms with E-state index >= 15 is 0 Å². The van der Waals surface area contributed by atoms with E-state index in [2.05, 4.69) is 20.8 Å². The number of rotatable bonds is 61. The van der Waals surface area contributed by atoms with Crippen LogP contribution in [0.2, 0.25) is 0 Å². The molecular formula is C65H126O6. The van der Waals surface area contributed by atoms with Crippen molar-refractivity contribution in [1.82, 2.24) is 0 Å². The van der Waals surface area contributed by atoms with E-state index in [-0.39, 0.29) is 31.1 Å². The van der Waals surface area contributed by atoms with Gasteiger partial charge < -0.3 is 14.2 Å². The van der Waals surface area contributed by atoms with Crippen LogP contribution in [0.1, 0.15) is 380 Å². The van der Waals surface area contributed by atoms with Crippen LogP contribution in [0.4, 0.5) is 0 Å². The molecule has 1 unspecified atom stereocenters. The molecular weight excluding hydrogens is 877 g/mol. The topological polar surface area (TPSA) is 78.9 Å². The molecule has 0 fully saturated rings. The Hall–Kier alpha value is -1.59. The molecule has 0 aromatic heterocycles. The number of carbonyl (C=O) groups excluding carboxylic acids is 3. The maximum Gasteiger partial charge on any atom is 0.306 e. The number of hydrogen-bond donors (Lipinski definition) is 0. The molecule has 71 heavy (non-hydrogen) atoms. The van der Waals surface area contributed by atoms with E-state index in [4.69, 9.17) is 14.2 Å². The summed E-state index contributed by atoms with van der Waals surface area (Å²) >= 11 is 0. The highest BCUT2D eigenvalue weighted by molar-refractivity contribution is 5.71. The van der Waals surface area contributed by atoms with Crippen molar-refractivity contribution in [2.24, 2.45) is 0 Å². The molecule has 6 heteroatoms. The molecule has 0 aliphatic carbocycles. The van der Waals surface area contributed by atoms with Crippen molar-refractivity contribution in [2.45, 2.75) is 386 Å². The largest absolute Gasteiger partial charge is 0.462 e. The molecule has 1 atom stereocenters. The number of ether oxygens (including phenoxy) is 3. The van der Waals surface area contributed by atoms with Crippen molar-refractivity contribution >= 4 is 17.9 Å². The summed E-state index contributed by atoms with van der Waals surface area (Å²) in [6, 6.07) is 0. The molecule has 0 aromatic carbocycles. The zero-order valence-electron chi connectivity index (χ0n) is 48.5. The van der Waals surface area contributed by atoms with E-state index in [1.165, 1.54) is 276 Å². The average Bonchev–Trinajstić information content (AvgIpc) is 3.37. The fraction of sp³-hybridized carbons (Fsp3) is 0.954. The third kappa shape index (κ3) is 59.2. The molecule has 0 N–H and O–H groups in total. The van der Waals surface area contributed by atoms with Crippen molar-refractivity contribution in [1.29, 1.82) is 0 Å². The number of unbranched alkanes of at least 4 members (excludes halogenated alkanes) is 50. The Morgan fingerprint density at radius 3 is 0.563 bits per heavy atom. The first-order chi connectivity index (χ1) is 35.0. The fourth-order valence-corrected chi connectivity index (χ4v) is 10.2. The molecule has 0 spiro atoms. The monoisotopic (exact) mass is 1000 g/mol. The highest BCUT2D eigenvalue weighted by atomic mass is 16.6. The van der Waals surface area contributed by atoms with E-state index < -0.39 is 6.10 Å². The first-order valence-corrected chi connectivity index (χ1v) is 32.5. The third-order valence-electron chi connectivity index (χ3n) is 15.1. The summed E-state index contributed by atoms with van der Waals surface area (Å²) in [5, 5.41) is 0. The predicted molar refractivity (Wildman–Crippen MR) is 307 cm³/mol. The van der Waals surface area contributed by atoms with Gasteiger partial charge in [0.25, 0.3) is 0 Å². The highest BCUT2D eigenvalue weighted by Gasteiger charge is 2.19. The van der Waals surface area contributed by atoms with Crippen LogP contribution in [-0.4, -0.2) is 37.2 Å². The molecule has 0 saturated carbocycles. The summed E-state index contributed by atoms with van der Waals surface area (Å²) in [4.78, 5) is 37.9. The molecule has 0 rings (SSSR count). The Morgan fingerprint density at radius 1 is 0.225 bits per heavy atom. The van der Waals surface area contributed by atoms with Gasteiger partial charge in [-0.15, -0.1) is 0 Å². The maximum absolute atomic E-state index is 12.8. The first-order valence-electron chi connectivity index (χ1n) is 32.5. The normalized spacial score (nSPS) is 11.9. The van der Waals surface area contributed by atoms with Crippen LogP contribution in [-0.2, 0) is 28.6 Å². The number of carbonyl (C=O) groups is 3. The molecule has 0 bridgehead atoms. The number of hydrogen-bond acceptors (Lipinski definition) is 6. The third-order valence-corrected chi connectivity index (χ3v) is 15.1. The second kappa shape index (κ2) is 61.0. The van der Waals surface area contributed by atoms with E-state index in [9.17, 15) is 14.4 Å². The summed E-state index contributed by atoms with van der Waals surface area (Å²) in [6.07, 6.45) is 70.4. The molecule has 0 saturated heterocycles. The van der Waals surface area contributed by atoms with Gasteiger partial charge in [-0.2, -0.15) is 0 Å². The van der Waals surface area contributed by atoms with Crippen molar-refractivity contribution in [3.05, 3.63) is 0 Å². The molecule has 0 aliphatic heterocycles. The van der Waals surface area contributed by atoms with E-state index in [0.29, 0.717) is 19.3 Å². The molecule has 0 aliphatic rings. The predicted octanol–water partition coefficient (Wildman–Crippen LogP) is 21.9. The quantitative estimate of drug-likeness (QED) is 0.0343. The molecule has 0 heterocycles.